The Labute approximate surface area is 107 Å². The van der Waals surface area contributed by atoms with E-state index in [-0.39, 0.29) is 0 Å². The average Bonchev–Trinajstić information content (AvgIpc) is 2.46. The van der Waals surface area contributed by atoms with E-state index in [1.165, 1.54) is 0 Å². The third kappa shape index (κ3) is 3.31. The first-order chi connectivity index (χ1) is 8.79. The van der Waals surface area contributed by atoms with E-state index >= 15 is 0 Å². The number of methoxy groups -OCH3 is 1. The molecule has 0 fully saturated rings. The van der Waals surface area contributed by atoms with Crippen molar-refractivity contribution in [3.05, 3.63) is 59.9 Å². The lowest BCUT2D eigenvalue weighted by Crippen LogP contribution is -2.00. The largest absolute Gasteiger partial charge is 0.497 e. The van der Waals surface area contributed by atoms with Gasteiger partial charge in [0.2, 0.25) is 0 Å². The highest BCUT2D eigenvalue weighted by atomic mass is 16.5. The first-order valence-electron chi connectivity index (χ1n) is 6.00. The monoisotopic (exact) mass is 243 g/mol. The van der Waals surface area contributed by atoms with Crippen molar-refractivity contribution >= 4 is 0 Å². The fraction of sp³-hybridized carbons (Fsp3) is 0.267. The van der Waals surface area contributed by atoms with Gasteiger partial charge in [-0.05, 0) is 42.2 Å². The molecule has 94 valence electrons. The van der Waals surface area contributed by atoms with Crippen LogP contribution < -0.4 is 4.74 Å². The van der Waals surface area contributed by atoms with Gasteiger partial charge in [0.15, 0.2) is 0 Å². The summed E-state index contributed by atoms with van der Waals surface area (Å²) in [5.41, 5.74) is 2.03. The molecule has 0 bridgehead atoms. The van der Waals surface area contributed by atoms with E-state index in [1.54, 1.807) is 19.5 Å². The highest BCUT2D eigenvalue weighted by Gasteiger charge is 2.07. The van der Waals surface area contributed by atoms with E-state index in [2.05, 4.69) is 4.98 Å². The molecule has 0 saturated carbocycles. The van der Waals surface area contributed by atoms with Crippen LogP contribution in [0.5, 0.6) is 5.75 Å². The molecule has 1 heterocycles. The fourth-order valence-corrected chi connectivity index (χ4v) is 1.87. The predicted octanol–water partition coefficient (Wildman–Crippen LogP) is 2.76. The molecular weight excluding hydrogens is 226 g/mol. The van der Waals surface area contributed by atoms with Gasteiger partial charge in [0, 0.05) is 12.4 Å². The molecule has 0 spiro atoms. The zero-order chi connectivity index (χ0) is 12.8. The van der Waals surface area contributed by atoms with E-state index in [4.69, 9.17) is 4.74 Å². The Bertz CT molecular complexity index is 485. The Morgan fingerprint density at radius 3 is 2.89 bits per heavy atom. The summed E-state index contributed by atoms with van der Waals surface area (Å²) in [4.78, 5) is 4.01. The SMILES string of the molecule is COc1cccc(CCC(O)c2cccnc2)c1. The van der Waals surface area contributed by atoms with Crippen molar-refractivity contribution < 1.29 is 9.84 Å². The molecule has 0 radical (unpaired) electrons. The van der Waals surface area contributed by atoms with Crippen LogP contribution in [0.2, 0.25) is 0 Å². The quantitative estimate of drug-likeness (QED) is 0.878. The molecule has 3 nitrogen and oxygen atoms in total. The first kappa shape index (κ1) is 12.6. The Morgan fingerprint density at radius 1 is 1.28 bits per heavy atom. The van der Waals surface area contributed by atoms with E-state index < -0.39 is 6.10 Å². The van der Waals surface area contributed by atoms with E-state index in [9.17, 15) is 5.11 Å². The summed E-state index contributed by atoms with van der Waals surface area (Å²) in [6.07, 6.45) is 4.44. The van der Waals surface area contributed by atoms with Crippen LogP contribution in [0.3, 0.4) is 0 Å². The van der Waals surface area contributed by atoms with Gasteiger partial charge in [-0.2, -0.15) is 0 Å². The van der Waals surface area contributed by atoms with Crippen molar-refractivity contribution in [3.63, 3.8) is 0 Å². The van der Waals surface area contributed by atoms with Crippen LogP contribution in [0.25, 0.3) is 0 Å². The van der Waals surface area contributed by atoms with Crippen LogP contribution in [0.4, 0.5) is 0 Å². The van der Waals surface area contributed by atoms with E-state index in [0.717, 1.165) is 23.3 Å². The molecule has 1 aromatic heterocycles. The normalized spacial score (nSPS) is 12.1. The second kappa shape index (κ2) is 6.17. The van der Waals surface area contributed by atoms with Crippen molar-refractivity contribution in [2.45, 2.75) is 18.9 Å². The van der Waals surface area contributed by atoms with Crippen molar-refractivity contribution in [2.24, 2.45) is 0 Å². The minimum atomic E-state index is -0.468. The summed E-state index contributed by atoms with van der Waals surface area (Å²) in [5.74, 6) is 0.850. The molecule has 1 aromatic carbocycles. The summed E-state index contributed by atoms with van der Waals surface area (Å²) in [7, 11) is 1.66. The molecule has 1 unspecified atom stereocenters. The van der Waals surface area contributed by atoms with Crippen molar-refractivity contribution in [1.82, 2.24) is 4.98 Å². The van der Waals surface area contributed by atoms with Crippen molar-refractivity contribution in [1.29, 1.82) is 0 Å². The highest BCUT2D eigenvalue weighted by molar-refractivity contribution is 5.28. The molecule has 18 heavy (non-hydrogen) atoms. The van der Waals surface area contributed by atoms with Gasteiger partial charge in [0.25, 0.3) is 0 Å². The highest BCUT2D eigenvalue weighted by Crippen LogP contribution is 2.20. The van der Waals surface area contributed by atoms with Crippen LogP contribution in [0, 0.1) is 0 Å². The number of nitrogens with zero attached hydrogens (tertiary/aromatic N) is 1. The first-order valence-corrected chi connectivity index (χ1v) is 6.00. The van der Waals surface area contributed by atoms with Crippen LogP contribution >= 0.6 is 0 Å². The maximum atomic E-state index is 10.0. The van der Waals surface area contributed by atoms with Gasteiger partial charge in [0.05, 0.1) is 13.2 Å². The van der Waals surface area contributed by atoms with Gasteiger partial charge in [-0.15, -0.1) is 0 Å². The minimum Gasteiger partial charge on any atom is -0.497 e. The maximum absolute atomic E-state index is 10.0. The summed E-state index contributed by atoms with van der Waals surface area (Å²) >= 11 is 0. The number of pyridine rings is 1. The molecule has 3 heteroatoms. The molecule has 0 aliphatic rings. The Morgan fingerprint density at radius 2 is 2.17 bits per heavy atom. The second-order valence-electron chi connectivity index (χ2n) is 4.19. The summed E-state index contributed by atoms with van der Waals surface area (Å²) < 4.78 is 5.17. The van der Waals surface area contributed by atoms with Crippen molar-refractivity contribution in [2.75, 3.05) is 7.11 Å². The zero-order valence-electron chi connectivity index (χ0n) is 10.4. The Kier molecular flexibility index (Phi) is 4.31. The predicted molar refractivity (Wildman–Crippen MR) is 70.5 cm³/mol. The molecule has 0 amide bonds. The average molecular weight is 243 g/mol. The molecule has 2 rings (SSSR count). The molecule has 0 aliphatic heterocycles. The van der Waals surface area contributed by atoms with Gasteiger partial charge < -0.3 is 9.84 Å². The third-order valence-electron chi connectivity index (χ3n) is 2.91. The van der Waals surface area contributed by atoms with E-state index in [1.807, 2.05) is 36.4 Å². The molecule has 1 N–H and O–H groups in total. The second-order valence-corrected chi connectivity index (χ2v) is 4.19. The van der Waals surface area contributed by atoms with Crippen LogP contribution in [0.1, 0.15) is 23.7 Å². The lowest BCUT2D eigenvalue weighted by molar-refractivity contribution is 0.167. The lowest BCUT2D eigenvalue weighted by atomic mass is 10.0. The number of hydrogen-bond donors (Lipinski definition) is 1. The number of aliphatic hydroxyl groups is 1. The maximum Gasteiger partial charge on any atom is 0.119 e. The number of ether oxygens (including phenoxy) is 1. The third-order valence-corrected chi connectivity index (χ3v) is 2.91. The number of aromatic nitrogens is 1. The summed E-state index contributed by atoms with van der Waals surface area (Å²) in [6, 6.07) is 11.6. The van der Waals surface area contributed by atoms with Gasteiger partial charge in [0.1, 0.15) is 5.75 Å². The molecule has 0 aliphatic carbocycles. The molecule has 2 aromatic rings. The Balaban J connectivity index is 1.95. The summed E-state index contributed by atoms with van der Waals surface area (Å²) in [6.45, 7) is 0. The Hall–Kier alpha value is -1.87. The summed E-state index contributed by atoms with van der Waals surface area (Å²) in [5, 5.41) is 10.0. The number of benzene rings is 1. The molecule has 1 atom stereocenters. The number of rotatable bonds is 5. The number of hydrogen-bond acceptors (Lipinski definition) is 3. The van der Waals surface area contributed by atoms with E-state index in [0.29, 0.717) is 6.42 Å². The number of aliphatic hydroxyl groups excluding tert-OH is 1. The van der Waals surface area contributed by atoms with Crippen molar-refractivity contribution in [3.8, 4) is 5.75 Å². The van der Waals surface area contributed by atoms with Gasteiger partial charge in [-0.3, -0.25) is 4.98 Å². The molecule has 0 saturated heterocycles. The van der Waals surface area contributed by atoms with Gasteiger partial charge in [-0.25, -0.2) is 0 Å². The smallest absolute Gasteiger partial charge is 0.119 e. The van der Waals surface area contributed by atoms with Crippen LogP contribution in [-0.2, 0) is 6.42 Å². The van der Waals surface area contributed by atoms with Gasteiger partial charge >= 0.3 is 0 Å². The van der Waals surface area contributed by atoms with Crippen LogP contribution in [0.15, 0.2) is 48.8 Å². The topological polar surface area (TPSA) is 42.4 Å². The standard InChI is InChI=1S/C15H17NO2/c1-18-14-6-2-4-12(10-14)7-8-15(17)13-5-3-9-16-11-13/h2-6,9-11,15,17H,7-8H2,1H3. The molecular formula is C15H17NO2. The van der Waals surface area contributed by atoms with Gasteiger partial charge in [-0.1, -0.05) is 18.2 Å². The van der Waals surface area contributed by atoms with Crippen LogP contribution in [-0.4, -0.2) is 17.2 Å². The number of aryl methyl sites for hydroxylation is 1. The minimum absolute atomic E-state index is 0.468. The lowest BCUT2D eigenvalue weighted by Gasteiger charge is -2.10. The zero-order valence-corrected chi connectivity index (χ0v) is 10.4. The fourth-order valence-electron chi connectivity index (χ4n) is 1.87.